The SMILES string of the molecule is CCn1nncc1CNC(=O)N1CC2C3C=CC(CC3)C2C1. The normalized spacial score (nSPS) is 32.3. The van der Waals surface area contributed by atoms with Crippen LogP contribution in [0.3, 0.4) is 0 Å². The number of rotatable bonds is 3. The van der Waals surface area contributed by atoms with Gasteiger partial charge in [0.25, 0.3) is 0 Å². The van der Waals surface area contributed by atoms with Gasteiger partial charge in [-0.25, -0.2) is 9.48 Å². The van der Waals surface area contributed by atoms with Gasteiger partial charge in [0.15, 0.2) is 0 Å². The first-order chi connectivity index (χ1) is 10.8. The van der Waals surface area contributed by atoms with Gasteiger partial charge < -0.3 is 10.2 Å². The van der Waals surface area contributed by atoms with Crippen LogP contribution in [0.5, 0.6) is 0 Å². The lowest BCUT2D eigenvalue weighted by Gasteiger charge is -2.40. The minimum atomic E-state index is 0.0534. The molecular formula is C16H23N5O. The molecule has 0 radical (unpaired) electrons. The van der Waals surface area contributed by atoms with Gasteiger partial charge in [0.2, 0.25) is 0 Å². The molecule has 6 heteroatoms. The van der Waals surface area contributed by atoms with E-state index in [2.05, 4.69) is 27.8 Å². The zero-order chi connectivity index (χ0) is 15.1. The second kappa shape index (κ2) is 5.41. The zero-order valence-corrected chi connectivity index (χ0v) is 13.0. The summed E-state index contributed by atoms with van der Waals surface area (Å²) in [6.45, 7) is 5.11. The van der Waals surface area contributed by atoms with Gasteiger partial charge in [-0.15, -0.1) is 5.10 Å². The molecule has 4 aliphatic rings. The highest BCUT2D eigenvalue weighted by atomic mass is 16.2. The molecule has 2 amide bonds. The van der Waals surface area contributed by atoms with Crippen molar-refractivity contribution in [2.45, 2.75) is 32.9 Å². The van der Waals surface area contributed by atoms with Gasteiger partial charge in [-0.1, -0.05) is 17.4 Å². The van der Waals surface area contributed by atoms with Gasteiger partial charge >= 0.3 is 6.03 Å². The smallest absolute Gasteiger partial charge is 0.317 e. The average Bonchev–Trinajstić information content (AvgIpc) is 3.21. The van der Waals surface area contributed by atoms with Crippen molar-refractivity contribution in [3.63, 3.8) is 0 Å². The van der Waals surface area contributed by atoms with Gasteiger partial charge in [-0.3, -0.25) is 0 Å². The van der Waals surface area contributed by atoms with E-state index >= 15 is 0 Å². The summed E-state index contributed by atoms with van der Waals surface area (Å²) in [6, 6.07) is 0.0534. The number of nitrogens with one attached hydrogen (secondary N) is 1. The van der Waals surface area contributed by atoms with Crippen molar-refractivity contribution >= 4 is 6.03 Å². The first-order valence-corrected chi connectivity index (χ1v) is 8.34. The number of fused-ring (bicyclic) bond motifs is 1. The van der Waals surface area contributed by atoms with Crippen LogP contribution in [0.1, 0.15) is 25.5 Å². The Labute approximate surface area is 130 Å². The number of urea groups is 1. The van der Waals surface area contributed by atoms with E-state index in [0.29, 0.717) is 30.2 Å². The number of nitrogens with zero attached hydrogens (tertiary/aromatic N) is 4. The van der Waals surface area contributed by atoms with Gasteiger partial charge in [0, 0.05) is 19.6 Å². The van der Waals surface area contributed by atoms with Crippen molar-refractivity contribution in [3.05, 3.63) is 24.0 Å². The summed E-state index contributed by atoms with van der Waals surface area (Å²) in [5, 5.41) is 10.9. The van der Waals surface area contributed by atoms with E-state index < -0.39 is 0 Å². The second-order valence-corrected chi connectivity index (χ2v) is 6.72. The molecule has 2 heterocycles. The summed E-state index contributed by atoms with van der Waals surface area (Å²) in [5.41, 5.74) is 0.953. The highest BCUT2D eigenvalue weighted by Crippen LogP contribution is 2.48. The summed E-state index contributed by atoms with van der Waals surface area (Å²) in [7, 11) is 0. The molecule has 1 aliphatic heterocycles. The zero-order valence-electron chi connectivity index (χ0n) is 13.0. The van der Waals surface area contributed by atoms with Gasteiger partial charge in [0.05, 0.1) is 18.4 Å². The highest BCUT2D eigenvalue weighted by molar-refractivity contribution is 5.74. The third kappa shape index (κ3) is 2.21. The Hall–Kier alpha value is -1.85. The van der Waals surface area contributed by atoms with Crippen LogP contribution < -0.4 is 5.32 Å². The molecular weight excluding hydrogens is 278 g/mol. The second-order valence-electron chi connectivity index (χ2n) is 6.72. The van der Waals surface area contributed by atoms with Crippen molar-refractivity contribution in [3.8, 4) is 0 Å². The van der Waals surface area contributed by atoms with Crippen molar-refractivity contribution < 1.29 is 4.79 Å². The maximum Gasteiger partial charge on any atom is 0.317 e. The maximum atomic E-state index is 12.5. The average molecular weight is 301 g/mol. The van der Waals surface area contributed by atoms with Crippen LogP contribution in [0.15, 0.2) is 18.3 Å². The van der Waals surface area contributed by atoms with E-state index in [9.17, 15) is 4.79 Å². The quantitative estimate of drug-likeness (QED) is 0.864. The van der Waals surface area contributed by atoms with E-state index in [1.54, 1.807) is 6.20 Å². The van der Waals surface area contributed by atoms with Crippen molar-refractivity contribution in [2.75, 3.05) is 13.1 Å². The molecule has 1 N–H and O–H groups in total. The summed E-state index contributed by atoms with van der Waals surface area (Å²) in [6.07, 6.45) is 9.11. The van der Waals surface area contributed by atoms with Gasteiger partial charge in [0.1, 0.15) is 0 Å². The van der Waals surface area contributed by atoms with Crippen LogP contribution in [-0.2, 0) is 13.1 Å². The molecule has 4 atom stereocenters. The highest BCUT2D eigenvalue weighted by Gasteiger charge is 2.46. The molecule has 118 valence electrons. The third-order valence-corrected chi connectivity index (χ3v) is 5.66. The molecule has 4 unspecified atom stereocenters. The Balaban J connectivity index is 1.37. The molecule has 1 aromatic heterocycles. The molecule has 2 fully saturated rings. The third-order valence-electron chi connectivity index (χ3n) is 5.66. The Morgan fingerprint density at radius 1 is 1.27 bits per heavy atom. The summed E-state index contributed by atoms with van der Waals surface area (Å²) < 4.78 is 1.81. The standard InChI is InChI=1S/C16H23N5O/c1-2-21-13(8-18-19-21)7-17-16(22)20-9-14-11-3-4-12(6-5-11)15(14)10-20/h3-4,8,11-12,14-15H,2,5-7,9-10H2,1H3,(H,17,22). The number of carbonyl (C=O) groups excluding carboxylic acids is 1. The van der Waals surface area contributed by atoms with Crippen molar-refractivity contribution in [1.29, 1.82) is 0 Å². The van der Waals surface area contributed by atoms with Crippen molar-refractivity contribution in [1.82, 2.24) is 25.2 Å². The van der Waals surface area contributed by atoms with E-state index in [1.165, 1.54) is 12.8 Å². The Morgan fingerprint density at radius 2 is 1.95 bits per heavy atom. The summed E-state index contributed by atoms with van der Waals surface area (Å²) >= 11 is 0. The first kappa shape index (κ1) is 13.8. The van der Waals surface area contributed by atoms with E-state index in [-0.39, 0.29) is 6.03 Å². The van der Waals surface area contributed by atoms with Crippen LogP contribution in [0, 0.1) is 23.7 Å². The fraction of sp³-hybridized carbons (Fsp3) is 0.688. The van der Waals surface area contributed by atoms with Crippen LogP contribution >= 0.6 is 0 Å². The fourth-order valence-electron chi connectivity index (χ4n) is 4.46. The fourth-order valence-corrected chi connectivity index (χ4v) is 4.46. The predicted octanol–water partition coefficient (Wildman–Crippen LogP) is 1.65. The van der Waals surface area contributed by atoms with E-state index in [4.69, 9.17) is 0 Å². The van der Waals surface area contributed by atoms with Crippen LogP contribution in [0.25, 0.3) is 0 Å². The molecule has 5 rings (SSSR count). The van der Waals surface area contributed by atoms with Gasteiger partial charge in [-0.05, 0) is 43.4 Å². The molecule has 2 bridgehead atoms. The molecule has 0 aromatic carbocycles. The summed E-state index contributed by atoms with van der Waals surface area (Å²) in [5.74, 6) is 2.74. The lowest BCUT2D eigenvalue weighted by molar-refractivity contribution is 0.169. The lowest BCUT2D eigenvalue weighted by Crippen LogP contribution is -2.38. The molecule has 22 heavy (non-hydrogen) atoms. The number of aryl methyl sites for hydroxylation is 1. The largest absolute Gasteiger partial charge is 0.332 e. The number of hydrogen-bond donors (Lipinski definition) is 1. The molecule has 1 saturated heterocycles. The van der Waals surface area contributed by atoms with Crippen LogP contribution in [0.4, 0.5) is 4.79 Å². The molecule has 0 spiro atoms. The van der Waals surface area contributed by atoms with Crippen LogP contribution in [-0.4, -0.2) is 39.0 Å². The topological polar surface area (TPSA) is 63.1 Å². The predicted molar refractivity (Wildman–Crippen MR) is 81.8 cm³/mol. The Kier molecular flexibility index (Phi) is 3.39. The minimum absolute atomic E-state index is 0.0534. The molecule has 6 nitrogen and oxygen atoms in total. The molecule has 1 saturated carbocycles. The Morgan fingerprint density at radius 3 is 2.55 bits per heavy atom. The first-order valence-electron chi connectivity index (χ1n) is 8.34. The molecule has 1 aromatic rings. The number of allylic oxidation sites excluding steroid dienone is 2. The van der Waals surface area contributed by atoms with Crippen molar-refractivity contribution in [2.24, 2.45) is 23.7 Å². The number of amides is 2. The van der Waals surface area contributed by atoms with Gasteiger partial charge in [-0.2, -0.15) is 0 Å². The van der Waals surface area contributed by atoms with E-state index in [1.807, 2.05) is 16.5 Å². The monoisotopic (exact) mass is 301 g/mol. The number of hydrogen-bond acceptors (Lipinski definition) is 3. The number of carbonyl (C=O) groups is 1. The van der Waals surface area contributed by atoms with Crippen LogP contribution in [0.2, 0.25) is 0 Å². The molecule has 3 aliphatic carbocycles. The minimum Gasteiger partial charge on any atom is -0.332 e. The lowest BCUT2D eigenvalue weighted by atomic mass is 9.64. The Bertz CT molecular complexity index is 573. The van der Waals surface area contributed by atoms with E-state index in [0.717, 1.165) is 25.3 Å². The maximum absolute atomic E-state index is 12.5. The summed E-state index contributed by atoms with van der Waals surface area (Å²) in [4.78, 5) is 14.5. The number of aromatic nitrogens is 3. The number of likely N-dealkylation sites (tertiary alicyclic amines) is 1.